The number of carboxylic acids is 1. The minimum absolute atomic E-state index is 0.0779. The largest absolute Gasteiger partial charge is 0.497 e. The van der Waals surface area contributed by atoms with Crippen molar-refractivity contribution in [3.8, 4) is 17.0 Å². The molecule has 136 valence electrons. The minimum atomic E-state index is -4.55. The standard InChI is InChI=1S/C19H16F3NO3/c1-10-7-11(26-2)8-13-14(9-16(24)25)18(23-17(10)13)12-5-3-4-6-15(12)19(20,21)22/h3-8,23H,9H2,1-2H3,(H,24,25). The number of carboxylic acid groups (broad SMARTS) is 1. The van der Waals surface area contributed by atoms with Crippen molar-refractivity contribution in [2.24, 2.45) is 0 Å². The highest BCUT2D eigenvalue weighted by Gasteiger charge is 2.34. The SMILES string of the molecule is COc1cc(C)c2[nH]c(-c3ccccc3C(F)(F)F)c(CC(=O)O)c2c1. The fourth-order valence-corrected chi connectivity index (χ4v) is 3.12. The summed E-state index contributed by atoms with van der Waals surface area (Å²) < 4.78 is 45.5. The van der Waals surface area contributed by atoms with Crippen molar-refractivity contribution in [1.82, 2.24) is 4.98 Å². The number of aryl methyl sites for hydroxylation is 1. The number of hydrogen-bond donors (Lipinski definition) is 2. The van der Waals surface area contributed by atoms with Crippen LogP contribution in [0.25, 0.3) is 22.2 Å². The van der Waals surface area contributed by atoms with Gasteiger partial charge in [-0.2, -0.15) is 13.2 Å². The normalized spacial score (nSPS) is 11.7. The Labute approximate surface area is 147 Å². The van der Waals surface area contributed by atoms with Gasteiger partial charge in [-0.1, -0.05) is 18.2 Å². The number of methoxy groups -OCH3 is 1. The molecule has 3 rings (SSSR count). The number of rotatable bonds is 4. The highest BCUT2D eigenvalue weighted by Crippen LogP contribution is 2.41. The molecule has 0 saturated heterocycles. The summed E-state index contributed by atoms with van der Waals surface area (Å²) in [5, 5.41) is 9.81. The number of benzene rings is 2. The van der Waals surface area contributed by atoms with Crippen molar-refractivity contribution in [1.29, 1.82) is 0 Å². The maximum absolute atomic E-state index is 13.4. The average molecular weight is 363 g/mol. The summed E-state index contributed by atoms with van der Waals surface area (Å²) in [6.45, 7) is 1.78. The predicted octanol–water partition coefficient (Wildman–Crippen LogP) is 4.80. The number of hydrogen-bond acceptors (Lipinski definition) is 2. The number of fused-ring (bicyclic) bond motifs is 1. The second-order valence-corrected chi connectivity index (χ2v) is 5.96. The first-order valence-electron chi connectivity index (χ1n) is 7.80. The number of alkyl halides is 3. The van der Waals surface area contributed by atoms with Crippen LogP contribution in [0.15, 0.2) is 36.4 Å². The van der Waals surface area contributed by atoms with Crippen molar-refractivity contribution < 1.29 is 27.8 Å². The minimum Gasteiger partial charge on any atom is -0.497 e. The Morgan fingerprint density at radius 2 is 1.92 bits per heavy atom. The van der Waals surface area contributed by atoms with E-state index >= 15 is 0 Å². The maximum atomic E-state index is 13.4. The number of nitrogens with one attached hydrogen (secondary N) is 1. The summed E-state index contributed by atoms with van der Waals surface area (Å²) in [7, 11) is 1.48. The van der Waals surface area contributed by atoms with Crippen LogP contribution in [0.4, 0.5) is 13.2 Å². The van der Waals surface area contributed by atoms with Gasteiger partial charge in [0.15, 0.2) is 0 Å². The van der Waals surface area contributed by atoms with Crippen molar-refractivity contribution in [2.75, 3.05) is 7.11 Å². The van der Waals surface area contributed by atoms with Crippen LogP contribution in [-0.2, 0) is 17.4 Å². The smallest absolute Gasteiger partial charge is 0.417 e. The van der Waals surface area contributed by atoms with Gasteiger partial charge < -0.3 is 14.8 Å². The lowest BCUT2D eigenvalue weighted by Crippen LogP contribution is -2.08. The molecule has 7 heteroatoms. The zero-order chi connectivity index (χ0) is 19.1. The van der Waals surface area contributed by atoms with Crippen LogP contribution in [0.3, 0.4) is 0 Å². The number of ether oxygens (including phenoxy) is 1. The van der Waals surface area contributed by atoms with Gasteiger partial charge in [0.25, 0.3) is 0 Å². The van der Waals surface area contributed by atoms with Crippen LogP contribution in [0.1, 0.15) is 16.7 Å². The third kappa shape index (κ3) is 3.12. The fraction of sp³-hybridized carbons (Fsp3) is 0.211. The van der Waals surface area contributed by atoms with E-state index in [1.54, 1.807) is 19.1 Å². The lowest BCUT2D eigenvalue weighted by Gasteiger charge is -2.13. The molecule has 1 aromatic heterocycles. The van der Waals surface area contributed by atoms with Gasteiger partial charge in [0, 0.05) is 16.5 Å². The van der Waals surface area contributed by atoms with Gasteiger partial charge >= 0.3 is 12.1 Å². The van der Waals surface area contributed by atoms with Crippen molar-refractivity contribution in [3.63, 3.8) is 0 Å². The summed E-state index contributed by atoms with van der Waals surface area (Å²) in [5.41, 5.74) is 0.905. The van der Waals surface area contributed by atoms with E-state index in [9.17, 15) is 23.1 Å². The number of H-pyrrole nitrogens is 1. The van der Waals surface area contributed by atoms with Crippen LogP contribution < -0.4 is 4.74 Å². The molecule has 0 aliphatic rings. The van der Waals surface area contributed by atoms with E-state index in [0.29, 0.717) is 22.2 Å². The number of aromatic nitrogens is 1. The Balaban J connectivity index is 2.37. The highest BCUT2D eigenvalue weighted by molar-refractivity contribution is 5.96. The van der Waals surface area contributed by atoms with Gasteiger partial charge in [0.2, 0.25) is 0 Å². The molecule has 0 aliphatic carbocycles. The van der Waals surface area contributed by atoms with Crippen molar-refractivity contribution in [2.45, 2.75) is 19.5 Å². The van der Waals surface area contributed by atoms with Gasteiger partial charge in [-0.15, -0.1) is 0 Å². The first kappa shape index (κ1) is 17.8. The summed E-state index contributed by atoms with van der Waals surface area (Å²) in [4.78, 5) is 14.3. The number of aliphatic carboxylic acids is 1. The molecule has 0 aliphatic heterocycles. The molecule has 0 amide bonds. The Kier molecular flexibility index (Phi) is 4.39. The Hall–Kier alpha value is -2.96. The van der Waals surface area contributed by atoms with E-state index in [-0.39, 0.29) is 11.3 Å². The molecule has 2 N–H and O–H groups in total. The lowest BCUT2D eigenvalue weighted by atomic mass is 9.98. The van der Waals surface area contributed by atoms with E-state index in [0.717, 1.165) is 11.6 Å². The van der Waals surface area contributed by atoms with Gasteiger partial charge in [-0.05, 0) is 36.2 Å². The highest BCUT2D eigenvalue weighted by atomic mass is 19.4. The van der Waals surface area contributed by atoms with E-state index in [2.05, 4.69) is 4.98 Å². The van der Waals surface area contributed by atoms with Crippen LogP contribution >= 0.6 is 0 Å². The summed E-state index contributed by atoms with van der Waals surface area (Å²) >= 11 is 0. The third-order valence-electron chi connectivity index (χ3n) is 4.25. The molecular weight excluding hydrogens is 347 g/mol. The molecule has 0 fully saturated rings. The zero-order valence-electron chi connectivity index (χ0n) is 14.1. The van der Waals surface area contributed by atoms with Crippen LogP contribution in [0.2, 0.25) is 0 Å². The third-order valence-corrected chi connectivity index (χ3v) is 4.25. The van der Waals surface area contributed by atoms with Crippen molar-refractivity contribution in [3.05, 3.63) is 53.1 Å². The Morgan fingerprint density at radius 3 is 2.54 bits per heavy atom. The average Bonchev–Trinajstić information content (AvgIpc) is 2.92. The number of halogens is 3. The second kappa shape index (κ2) is 6.40. The van der Waals surface area contributed by atoms with Crippen LogP contribution in [0, 0.1) is 6.92 Å². The monoisotopic (exact) mass is 363 g/mol. The van der Waals surface area contributed by atoms with Gasteiger partial charge in [0.1, 0.15) is 5.75 Å². The van der Waals surface area contributed by atoms with E-state index in [1.165, 1.54) is 25.3 Å². The summed E-state index contributed by atoms with van der Waals surface area (Å²) in [6, 6.07) is 8.50. The number of carbonyl (C=O) groups is 1. The van der Waals surface area contributed by atoms with Gasteiger partial charge in [-0.3, -0.25) is 4.79 Å². The topological polar surface area (TPSA) is 62.3 Å². The number of aromatic amines is 1. The van der Waals surface area contributed by atoms with E-state index in [4.69, 9.17) is 4.74 Å². The molecule has 26 heavy (non-hydrogen) atoms. The van der Waals surface area contributed by atoms with Crippen LogP contribution in [0.5, 0.6) is 5.75 Å². The molecular formula is C19H16F3NO3. The zero-order valence-corrected chi connectivity index (χ0v) is 14.1. The summed E-state index contributed by atoms with van der Waals surface area (Å²) in [5.74, 6) is -0.617. The molecule has 2 aromatic carbocycles. The quantitative estimate of drug-likeness (QED) is 0.700. The Morgan fingerprint density at radius 1 is 1.23 bits per heavy atom. The molecule has 0 saturated carbocycles. The molecule has 0 atom stereocenters. The second-order valence-electron chi connectivity index (χ2n) is 5.96. The fourth-order valence-electron chi connectivity index (χ4n) is 3.12. The van der Waals surface area contributed by atoms with Crippen LogP contribution in [-0.4, -0.2) is 23.2 Å². The molecule has 0 unspecified atom stereocenters. The van der Waals surface area contributed by atoms with E-state index < -0.39 is 24.1 Å². The molecule has 0 spiro atoms. The van der Waals surface area contributed by atoms with Crippen molar-refractivity contribution >= 4 is 16.9 Å². The predicted molar refractivity (Wildman–Crippen MR) is 91.4 cm³/mol. The first-order chi connectivity index (χ1) is 12.2. The molecule has 3 aromatic rings. The van der Waals surface area contributed by atoms with E-state index in [1.807, 2.05) is 0 Å². The summed E-state index contributed by atoms with van der Waals surface area (Å²) in [6.07, 6.45) is -4.96. The van der Waals surface area contributed by atoms with Gasteiger partial charge in [-0.25, -0.2) is 0 Å². The molecule has 4 nitrogen and oxygen atoms in total. The first-order valence-corrected chi connectivity index (χ1v) is 7.80. The maximum Gasteiger partial charge on any atom is 0.417 e. The molecule has 0 bridgehead atoms. The Bertz CT molecular complexity index is 990. The van der Waals surface area contributed by atoms with Gasteiger partial charge in [0.05, 0.1) is 24.8 Å². The lowest BCUT2D eigenvalue weighted by molar-refractivity contribution is -0.137. The molecule has 1 heterocycles. The molecule has 0 radical (unpaired) electrons.